The minimum atomic E-state index is -4.63. The molecule has 0 saturated carbocycles. The predicted octanol–water partition coefficient (Wildman–Crippen LogP) is 5.49. The van der Waals surface area contributed by atoms with Gasteiger partial charge in [0, 0.05) is 12.5 Å². The highest BCUT2D eigenvalue weighted by atomic mass is 35.5. The van der Waals surface area contributed by atoms with Crippen LogP contribution in [0.5, 0.6) is 5.75 Å². The molecule has 0 bridgehead atoms. The molecule has 0 aromatic heterocycles. The zero-order valence-electron chi connectivity index (χ0n) is 23.9. The van der Waals surface area contributed by atoms with E-state index in [0.717, 1.165) is 23.7 Å². The number of rotatable bonds is 7. The largest absolute Gasteiger partial charge is 0.443 e. The van der Waals surface area contributed by atoms with Crippen molar-refractivity contribution in [1.82, 2.24) is 9.73 Å². The lowest BCUT2D eigenvalue weighted by Gasteiger charge is -2.28. The smallest absolute Gasteiger partial charge is 0.424 e. The second-order valence-electron chi connectivity index (χ2n) is 10.9. The fourth-order valence-electron chi connectivity index (χ4n) is 4.43. The van der Waals surface area contributed by atoms with Gasteiger partial charge in [-0.3, -0.25) is 20.0 Å². The third-order valence-electron chi connectivity index (χ3n) is 6.30. The van der Waals surface area contributed by atoms with Crippen LogP contribution in [0.25, 0.3) is 0 Å². The van der Waals surface area contributed by atoms with Crippen LogP contribution in [0, 0.1) is 0 Å². The van der Waals surface area contributed by atoms with Gasteiger partial charge in [-0.1, -0.05) is 41.9 Å². The van der Waals surface area contributed by atoms with Gasteiger partial charge in [-0.05, 0) is 81.6 Å². The van der Waals surface area contributed by atoms with Crippen LogP contribution in [0.4, 0.5) is 10.5 Å². The first-order chi connectivity index (χ1) is 19.7. The second-order valence-corrected chi connectivity index (χ2v) is 13.1. The molecule has 3 aromatic rings. The summed E-state index contributed by atoms with van der Waals surface area (Å²) in [7, 11) is -4.63. The van der Waals surface area contributed by atoms with Gasteiger partial charge in [-0.25, -0.2) is 13.2 Å². The molecule has 1 heterocycles. The Kier molecular flexibility index (Phi) is 8.84. The van der Waals surface area contributed by atoms with Crippen molar-refractivity contribution in [2.45, 2.75) is 64.1 Å². The Morgan fingerprint density at radius 2 is 1.71 bits per heavy atom. The number of carbonyl (C=O) groups is 3. The number of sulfonamides is 1. The number of hydrogen-bond acceptors (Lipinski definition) is 8. The Bertz CT molecular complexity index is 1620. The van der Waals surface area contributed by atoms with Gasteiger partial charge in [0.15, 0.2) is 0 Å². The quantitative estimate of drug-likeness (QED) is 0.274. The molecule has 10 nitrogen and oxygen atoms in total. The maximum Gasteiger partial charge on any atom is 0.424 e. The molecule has 1 unspecified atom stereocenters. The van der Waals surface area contributed by atoms with Crippen LogP contribution < -0.4 is 15.2 Å². The molecule has 1 aliphatic heterocycles. The highest BCUT2D eigenvalue weighted by molar-refractivity contribution is 7.89. The van der Waals surface area contributed by atoms with Crippen molar-refractivity contribution in [2.24, 2.45) is 0 Å². The minimum absolute atomic E-state index is 0.0169. The van der Waals surface area contributed by atoms with E-state index < -0.39 is 45.0 Å². The number of amides is 2. The van der Waals surface area contributed by atoms with Crippen LogP contribution in [0.1, 0.15) is 56.1 Å². The molecule has 4 rings (SSSR count). The number of halogens is 1. The molecule has 1 N–H and O–H groups in total. The Labute approximate surface area is 250 Å². The molecular weight excluding hydrogens is 582 g/mol. The molecule has 222 valence electrons. The first-order valence-corrected chi connectivity index (χ1v) is 15.0. The maximum atomic E-state index is 14.0. The molecule has 12 heteroatoms. The van der Waals surface area contributed by atoms with Crippen molar-refractivity contribution in [2.75, 3.05) is 5.01 Å². The number of nitrogens with one attached hydrogen (secondary N) is 1. The zero-order valence-corrected chi connectivity index (χ0v) is 25.5. The van der Waals surface area contributed by atoms with Gasteiger partial charge >= 0.3 is 12.1 Å². The summed E-state index contributed by atoms with van der Waals surface area (Å²) in [6, 6.07) is 17.5. The van der Waals surface area contributed by atoms with E-state index in [9.17, 15) is 22.8 Å². The normalized spacial score (nSPS) is 14.6. The summed E-state index contributed by atoms with van der Waals surface area (Å²) in [5, 5.41) is 1.57. The van der Waals surface area contributed by atoms with Gasteiger partial charge in [0.1, 0.15) is 16.2 Å². The van der Waals surface area contributed by atoms with Crippen LogP contribution in [-0.2, 0) is 32.5 Å². The molecule has 0 saturated heterocycles. The van der Waals surface area contributed by atoms with E-state index in [1.807, 2.05) is 31.2 Å². The van der Waals surface area contributed by atoms with E-state index in [4.69, 9.17) is 21.1 Å². The number of hydrazine groups is 1. The van der Waals surface area contributed by atoms with Crippen LogP contribution in [-0.4, -0.2) is 42.3 Å². The predicted molar refractivity (Wildman–Crippen MR) is 158 cm³/mol. The standard InChI is InChI=1S/C30H32ClN3O7S/c1-19-16-22-8-6-7-9-26(22)34(19)32-28(36)23-12-15-25(31)27(17-23)42(38,39)33(29(37)41-30(3,4)5)18-21-10-13-24(14-11-21)40-20(2)35/h6-15,17,19H,16,18H2,1-5H3,(H,32,36). The van der Waals surface area contributed by atoms with Crippen LogP contribution in [0.2, 0.25) is 5.02 Å². The highest BCUT2D eigenvalue weighted by Crippen LogP contribution is 2.32. The fourth-order valence-corrected chi connectivity index (χ4v) is 6.22. The molecule has 0 radical (unpaired) electrons. The number of fused-ring (bicyclic) bond motifs is 1. The molecule has 0 fully saturated rings. The van der Waals surface area contributed by atoms with Gasteiger partial charge in [0.25, 0.3) is 15.9 Å². The number of hydrogen-bond donors (Lipinski definition) is 1. The van der Waals surface area contributed by atoms with Crippen LogP contribution in [0.3, 0.4) is 0 Å². The summed E-state index contributed by atoms with van der Waals surface area (Å²) in [4.78, 5) is 37.4. The Morgan fingerprint density at radius 1 is 1.05 bits per heavy atom. The van der Waals surface area contributed by atoms with Crippen molar-refractivity contribution in [3.05, 3.63) is 88.4 Å². The molecule has 0 spiro atoms. The Hall–Kier alpha value is -4.09. The van der Waals surface area contributed by atoms with Gasteiger partial charge in [-0.2, -0.15) is 4.31 Å². The lowest BCUT2D eigenvalue weighted by atomic mass is 10.1. The highest BCUT2D eigenvalue weighted by Gasteiger charge is 2.35. The zero-order chi connectivity index (χ0) is 30.8. The summed E-state index contributed by atoms with van der Waals surface area (Å²) in [6.07, 6.45) is -0.386. The van der Waals surface area contributed by atoms with Crippen molar-refractivity contribution in [3.63, 3.8) is 0 Å². The van der Waals surface area contributed by atoms with E-state index >= 15 is 0 Å². The topological polar surface area (TPSA) is 122 Å². The third-order valence-corrected chi connectivity index (χ3v) is 8.49. The molecule has 0 aliphatic carbocycles. The van der Waals surface area contributed by atoms with E-state index in [1.54, 1.807) is 25.8 Å². The Morgan fingerprint density at radius 3 is 2.36 bits per heavy atom. The third kappa shape index (κ3) is 7.03. The molecule has 2 amide bonds. The number of carbonyl (C=O) groups excluding carboxylic acids is 3. The van der Waals surface area contributed by atoms with Crippen molar-refractivity contribution < 1.29 is 32.3 Å². The van der Waals surface area contributed by atoms with Crippen molar-refractivity contribution in [3.8, 4) is 5.75 Å². The summed E-state index contributed by atoms with van der Waals surface area (Å²) in [5.41, 5.74) is 4.24. The van der Waals surface area contributed by atoms with Crippen LogP contribution >= 0.6 is 11.6 Å². The first kappa shape index (κ1) is 30.9. The summed E-state index contributed by atoms with van der Waals surface area (Å²) >= 11 is 6.35. The average Bonchev–Trinajstić information content (AvgIpc) is 3.21. The van der Waals surface area contributed by atoms with Gasteiger partial charge in [0.2, 0.25) is 0 Å². The lowest BCUT2D eigenvalue weighted by Crippen LogP contribution is -2.45. The van der Waals surface area contributed by atoms with E-state index in [2.05, 4.69) is 5.43 Å². The Balaban J connectivity index is 1.66. The van der Waals surface area contributed by atoms with Crippen LogP contribution in [0.15, 0.2) is 71.6 Å². The van der Waals surface area contributed by atoms with Gasteiger partial charge < -0.3 is 9.47 Å². The number of ether oxygens (including phenoxy) is 2. The number of nitrogens with zero attached hydrogens (tertiary/aromatic N) is 2. The maximum absolute atomic E-state index is 14.0. The number of anilines is 1. The minimum Gasteiger partial charge on any atom is -0.443 e. The van der Waals surface area contributed by atoms with E-state index in [-0.39, 0.29) is 22.4 Å². The van der Waals surface area contributed by atoms with Crippen molar-refractivity contribution >= 4 is 45.3 Å². The van der Waals surface area contributed by atoms with Gasteiger partial charge in [-0.15, -0.1) is 0 Å². The van der Waals surface area contributed by atoms with E-state index in [0.29, 0.717) is 9.87 Å². The molecule has 3 aromatic carbocycles. The first-order valence-electron chi connectivity index (χ1n) is 13.2. The molecule has 1 atom stereocenters. The van der Waals surface area contributed by atoms with E-state index in [1.165, 1.54) is 43.3 Å². The average molecular weight is 614 g/mol. The SMILES string of the molecule is CC(=O)Oc1ccc(CN(C(=O)OC(C)(C)C)S(=O)(=O)c2cc(C(=O)NN3c4ccccc4CC3C)ccc2Cl)cc1. The van der Waals surface area contributed by atoms with Gasteiger partial charge in [0.05, 0.1) is 23.3 Å². The summed E-state index contributed by atoms with van der Waals surface area (Å²) in [5.74, 6) is -0.797. The molecule has 1 aliphatic rings. The lowest BCUT2D eigenvalue weighted by molar-refractivity contribution is -0.131. The second kappa shape index (κ2) is 12.0. The fraction of sp³-hybridized carbons (Fsp3) is 0.300. The van der Waals surface area contributed by atoms with Crippen molar-refractivity contribution in [1.29, 1.82) is 0 Å². The molecule has 42 heavy (non-hydrogen) atoms. The molecular formula is C30H32ClN3O7S. The summed E-state index contributed by atoms with van der Waals surface area (Å²) < 4.78 is 38.9. The monoisotopic (exact) mass is 613 g/mol. The number of benzene rings is 3. The number of para-hydroxylation sites is 1. The summed E-state index contributed by atoms with van der Waals surface area (Å²) in [6.45, 7) is 7.65. The number of esters is 1.